The van der Waals surface area contributed by atoms with Crippen molar-refractivity contribution < 1.29 is 9.47 Å². The van der Waals surface area contributed by atoms with Crippen LogP contribution in [0.2, 0.25) is 0 Å². The maximum Gasteiger partial charge on any atom is 0.0747 e. The van der Waals surface area contributed by atoms with Gasteiger partial charge in [-0.3, -0.25) is 4.90 Å². The van der Waals surface area contributed by atoms with Crippen LogP contribution in [-0.2, 0) is 9.47 Å². The summed E-state index contributed by atoms with van der Waals surface area (Å²) >= 11 is 0. The molecule has 2 aliphatic heterocycles. The highest BCUT2D eigenvalue weighted by molar-refractivity contribution is 4.89. The Labute approximate surface area is 98.1 Å². The number of hydrogen-bond donors (Lipinski definition) is 1. The quantitative estimate of drug-likeness (QED) is 0.768. The van der Waals surface area contributed by atoms with E-state index in [4.69, 9.17) is 15.2 Å². The number of ether oxygens (including phenoxy) is 2. The third-order valence-corrected chi connectivity index (χ3v) is 3.78. The zero-order chi connectivity index (χ0) is 11.5. The summed E-state index contributed by atoms with van der Waals surface area (Å²) in [4.78, 5) is 2.46. The molecule has 2 aliphatic rings. The third-order valence-electron chi connectivity index (χ3n) is 3.78. The van der Waals surface area contributed by atoms with Crippen molar-refractivity contribution in [2.75, 3.05) is 26.3 Å². The van der Waals surface area contributed by atoms with Crippen LogP contribution in [0.5, 0.6) is 0 Å². The summed E-state index contributed by atoms with van der Waals surface area (Å²) in [5, 5.41) is 0. The van der Waals surface area contributed by atoms with Gasteiger partial charge in [0.2, 0.25) is 0 Å². The first kappa shape index (κ1) is 12.3. The van der Waals surface area contributed by atoms with Crippen LogP contribution in [0.15, 0.2) is 0 Å². The molecule has 2 rings (SSSR count). The summed E-state index contributed by atoms with van der Waals surface area (Å²) in [6.07, 6.45) is 3.03. The normalized spacial score (nSPS) is 38.8. The minimum atomic E-state index is 0.320. The summed E-state index contributed by atoms with van der Waals surface area (Å²) in [5.41, 5.74) is 5.93. The van der Waals surface area contributed by atoms with Gasteiger partial charge < -0.3 is 15.2 Å². The largest absolute Gasteiger partial charge is 0.379 e. The Bertz CT molecular complexity index is 225. The Hall–Kier alpha value is -0.160. The van der Waals surface area contributed by atoms with Gasteiger partial charge in [-0.25, -0.2) is 0 Å². The molecule has 0 aromatic carbocycles. The van der Waals surface area contributed by atoms with Crippen LogP contribution >= 0.6 is 0 Å². The maximum absolute atomic E-state index is 5.95. The first-order chi connectivity index (χ1) is 7.72. The lowest BCUT2D eigenvalue weighted by Crippen LogP contribution is -2.56. The van der Waals surface area contributed by atoms with Crippen LogP contribution in [-0.4, -0.2) is 55.5 Å². The van der Waals surface area contributed by atoms with Gasteiger partial charge in [-0.05, 0) is 26.7 Å². The Kier molecular flexibility index (Phi) is 4.19. The molecular weight excluding hydrogens is 204 g/mol. The van der Waals surface area contributed by atoms with E-state index < -0.39 is 0 Å². The molecule has 0 amide bonds. The Morgan fingerprint density at radius 1 is 1.38 bits per heavy atom. The predicted octanol–water partition coefficient (Wildman–Crippen LogP) is 0.602. The average molecular weight is 228 g/mol. The van der Waals surface area contributed by atoms with Crippen molar-refractivity contribution in [3.63, 3.8) is 0 Å². The molecule has 0 aliphatic carbocycles. The van der Waals surface area contributed by atoms with Gasteiger partial charge in [0, 0.05) is 25.2 Å². The van der Waals surface area contributed by atoms with Gasteiger partial charge in [0.25, 0.3) is 0 Å². The van der Waals surface area contributed by atoms with Crippen molar-refractivity contribution >= 4 is 0 Å². The molecule has 4 unspecified atom stereocenters. The molecule has 2 fully saturated rings. The van der Waals surface area contributed by atoms with Gasteiger partial charge in [0.05, 0.1) is 25.4 Å². The fraction of sp³-hybridized carbons (Fsp3) is 1.00. The smallest absolute Gasteiger partial charge is 0.0747 e. The second-order valence-electron chi connectivity index (χ2n) is 5.03. The SMILES string of the molecule is CC1CCC(C(CN)N2CCOCC2C)O1. The highest BCUT2D eigenvalue weighted by Crippen LogP contribution is 2.25. The first-order valence-corrected chi connectivity index (χ1v) is 6.41. The lowest BCUT2D eigenvalue weighted by atomic mass is 10.0. The minimum absolute atomic E-state index is 0.320. The van der Waals surface area contributed by atoms with E-state index in [0.717, 1.165) is 26.2 Å². The van der Waals surface area contributed by atoms with Crippen molar-refractivity contribution in [2.45, 2.75) is 51.0 Å². The van der Waals surface area contributed by atoms with Gasteiger partial charge in [-0.15, -0.1) is 0 Å². The van der Waals surface area contributed by atoms with Crippen LogP contribution in [0.3, 0.4) is 0 Å². The molecule has 94 valence electrons. The van der Waals surface area contributed by atoms with Gasteiger partial charge in [0.15, 0.2) is 0 Å². The molecule has 0 spiro atoms. The Morgan fingerprint density at radius 3 is 2.75 bits per heavy atom. The van der Waals surface area contributed by atoms with E-state index in [9.17, 15) is 0 Å². The topological polar surface area (TPSA) is 47.7 Å². The third kappa shape index (κ3) is 2.56. The molecule has 16 heavy (non-hydrogen) atoms. The summed E-state index contributed by atoms with van der Waals surface area (Å²) in [6, 6.07) is 0.825. The fourth-order valence-corrected chi connectivity index (χ4v) is 2.85. The number of morpholine rings is 1. The standard InChI is InChI=1S/C12H24N2O2/c1-9-8-15-6-5-14(9)11(7-13)12-4-3-10(2)16-12/h9-12H,3-8,13H2,1-2H3. The zero-order valence-electron chi connectivity index (χ0n) is 10.4. The minimum Gasteiger partial charge on any atom is -0.379 e. The van der Waals surface area contributed by atoms with Gasteiger partial charge in [-0.2, -0.15) is 0 Å². The lowest BCUT2D eigenvalue weighted by Gasteiger charge is -2.41. The molecule has 4 heteroatoms. The number of hydrogen-bond acceptors (Lipinski definition) is 4. The summed E-state index contributed by atoms with van der Waals surface area (Å²) in [7, 11) is 0. The van der Waals surface area contributed by atoms with Crippen LogP contribution in [0.25, 0.3) is 0 Å². The van der Waals surface area contributed by atoms with Crippen molar-refractivity contribution in [1.82, 2.24) is 4.90 Å². The predicted molar refractivity (Wildman–Crippen MR) is 63.4 cm³/mol. The second kappa shape index (κ2) is 5.45. The molecule has 4 nitrogen and oxygen atoms in total. The number of nitrogens with two attached hydrogens (primary N) is 1. The molecule has 4 atom stereocenters. The van der Waals surface area contributed by atoms with E-state index in [1.807, 2.05) is 0 Å². The van der Waals surface area contributed by atoms with Gasteiger partial charge in [-0.1, -0.05) is 0 Å². The highest BCUT2D eigenvalue weighted by atomic mass is 16.5. The van der Waals surface area contributed by atoms with Crippen LogP contribution in [0, 0.1) is 0 Å². The molecule has 0 saturated carbocycles. The fourth-order valence-electron chi connectivity index (χ4n) is 2.85. The van der Waals surface area contributed by atoms with Crippen molar-refractivity contribution in [1.29, 1.82) is 0 Å². The van der Waals surface area contributed by atoms with E-state index in [1.54, 1.807) is 0 Å². The molecule has 2 heterocycles. The van der Waals surface area contributed by atoms with E-state index in [2.05, 4.69) is 18.7 Å². The Balaban J connectivity index is 1.97. The van der Waals surface area contributed by atoms with E-state index in [0.29, 0.717) is 30.8 Å². The zero-order valence-corrected chi connectivity index (χ0v) is 10.4. The van der Waals surface area contributed by atoms with Gasteiger partial charge in [0.1, 0.15) is 0 Å². The monoisotopic (exact) mass is 228 g/mol. The van der Waals surface area contributed by atoms with E-state index >= 15 is 0 Å². The molecule has 2 N–H and O–H groups in total. The molecule has 0 bridgehead atoms. The highest BCUT2D eigenvalue weighted by Gasteiger charge is 2.35. The molecule has 2 saturated heterocycles. The molecule has 0 aromatic rings. The van der Waals surface area contributed by atoms with E-state index in [1.165, 1.54) is 6.42 Å². The van der Waals surface area contributed by atoms with E-state index in [-0.39, 0.29) is 0 Å². The van der Waals surface area contributed by atoms with Gasteiger partial charge >= 0.3 is 0 Å². The average Bonchev–Trinajstić information content (AvgIpc) is 2.69. The number of nitrogens with zero attached hydrogens (tertiary/aromatic N) is 1. The maximum atomic E-state index is 5.95. The molecular formula is C12H24N2O2. The second-order valence-corrected chi connectivity index (χ2v) is 5.03. The van der Waals surface area contributed by atoms with Crippen molar-refractivity contribution in [3.05, 3.63) is 0 Å². The summed E-state index contributed by atoms with van der Waals surface area (Å²) in [5.74, 6) is 0. The van der Waals surface area contributed by atoms with Crippen molar-refractivity contribution in [2.24, 2.45) is 5.73 Å². The van der Waals surface area contributed by atoms with Crippen LogP contribution in [0.1, 0.15) is 26.7 Å². The number of rotatable bonds is 3. The molecule has 0 aromatic heterocycles. The summed E-state index contributed by atoms with van der Waals surface area (Å²) in [6.45, 7) is 7.66. The van der Waals surface area contributed by atoms with Crippen LogP contribution < -0.4 is 5.73 Å². The van der Waals surface area contributed by atoms with Crippen molar-refractivity contribution in [3.8, 4) is 0 Å². The first-order valence-electron chi connectivity index (χ1n) is 6.41. The molecule has 0 radical (unpaired) electrons. The lowest BCUT2D eigenvalue weighted by molar-refractivity contribution is -0.0655. The summed E-state index contributed by atoms with van der Waals surface area (Å²) < 4.78 is 11.4. The Morgan fingerprint density at radius 2 is 2.19 bits per heavy atom. The van der Waals surface area contributed by atoms with Crippen LogP contribution in [0.4, 0.5) is 0 Å².